The zero-order valence-corrected chi connectivity index (χ0v) is 9.56. The molecule has 0 radical (unpaired) electrons. The summed E-state index contributed by atoms with van der Waals surface area (Å²) < 4.78 is 0. The second-order valence-electron chi connectivity index (χ2n) is 4.58. The molecule has 0 spiro atoms. The quantitative estimate of drug-likeness (QED) is 0.771. The molecule has 14 heavy (non-hydrogen) atoms. The van der Waals surface area contributed by atoms with Crippen molar-refractivity contribution in [2.45, 2.75) is 25.8 Å². The SMILES string of the molecule is C/C(=C\Cl)CNC1CN2CCC1CC2. The normalized spacial score (nSPS) is 37.6. The van der Waals surface area contributed by atoms with E-state index < -0.39 is 0 Å². The molecule has 0 aromatic carbocycles. The summed E-state index contributed by atoms with van der Waals surface area (Å²) in [6, 6.07) is 0.698. The van der Waals surface area contributed by atoms with E-state index in [9.17, 15) is 0 Å². The Hall–Kier alpha value is -0.0500. The Balaban J connectivity index is 1.81. The Morgan fingerprint density at radius 1 is 1.50 bits per heavy atom. The van der Waals surface area contributed by atoms with Gasteiger partial charge in [-0.05, 0) is 44.3 Å². The predicted molar refractivity (Wildman–Crippen MR) is 60.6 cm³/mol. The first-order chi connectivity index (χ1) is 6.79. The van der Waals surface area contributed by atoms with E-state index in [1.165, 1.54) is 38.0 Å². The number of hydrogen-bond donors (Lipinski definition) is 1. The van der Waals surface area contributed by atoms with Gasteiger partial charge in [-0.3, -0.25) is 0 Å². The van der Waals surface area contributed by atoms with Crippen LogP contribution in [-0.2, 0) is 0 Å². The average molecular weight is 215 g/mol. The first-order valence-electron chi connectivity index (χ1n) is 5.51. The zero-order chi connectivity index (χ0) is 9.97. The second-order valence-corrected chi connectivity index (χ2v) is 4.80. The molecule has 1 N–H and O–H groups in total. The third kappa shape index (κ3) is 2.30. The minimum absolute atomic E-state index is 0.698. The summed E-state index contributed by atoms with van der Waals surface area (Å²) in [5.41, 5.74) is 2.90. The number of rotatable bonds is 3. The van der Waals surface area contributed by atoms with Crippen molar-refractivity contribution < 1.29 is 0 Å². The van der Waals surface area contributed by atoms with Gasteiger partial charge in [0.15, 0.2) is 0 Å². The highest BCUT2D eigenvalue weighted by atomic mass is 35.5. The first-order valence-corrected chi connectivity index (χ1v) is 5.95. The van der Waals surface area contributed by atoms with Crippen molar-refractivity contribution in [2.75, 3.05) is 26.2 Å². The average Bonchev–Trinajstić information content (AvgIpc) is 2.27. The molecule has 3 rings (SSSR count). The van der Waals surface area contributed by atoms with Crippen LogP contribution in [0.1, 0.15) is 19.8 Å². The highest BCUT2D eigenvalue weighted by Crippen LogP contribution is 2.27. The Morgan fingerprint density at radius 3 is 2.71 bits per heavy atom. The molecule has 0 aromatic heterocycles. The van der Waals surface area contributed by atoms with E-state index in [-0.39, 0.29) is 0 Å². The van der Waals surface area contributed by atoms with Crippen LogP contribution in [0.2, 0.25) is 0 Å². The highest BCUT2D eigenvalue weighted by Gasteiger charge is 2.33. The summed E-state index contributed by atoms with van der Waals surface area (Å²) in [5, 5.41) is 3.61. The number of piperidine rings is 3. The molecule has 0 aromatic rings. The lowest BCUT2D eigenvalue weighted by molar-refractivity contribution is 0.0742. The number of nitrogens with zero attached hydrogens (tertiary/aromatic N) is 1. The van der Waals surface area contributed by atoms with E-state index in [1.807, 2.05) is 0 Å². The van der Waals surface area contributed by atoms with Crippen LogP contribution in [0.5, 0.6) is 0 Å². The van der Waals surface area contributed by atoms with Crippen molar-refractivity contribution >= 4 is 11.6 Å². The van der Waals surface area contributed by atoms with Gasteiger partial charge < -0.3 is 10.2 Å². The molecule has 0 saturated carbocycles. The number of halogens is 1. The molecular formula is C11H19ClN2. The van der Waals surface area contributed by atoms with Gasteiger partial charge in [-0.25, -0.2) is 0 Å². The van der Waals surface area contributed by atoms with E-state index in [0.29, 0.717) is 6.04 Å². The highest BCUT2D eigenvalue weighted by molar-refractivity contribution is 6.25. The van der Waals surface area contributed by atoms with Crippen LogP contribution in [0, 0.1) is 5.92 Å². The monoisotopic (exact) mass is 214 g/mol. The lowest BCUT2D eigenvalue weighted by Gasteiger charge is -2.45. The standard InChI is InChI=1S/C11H19ClN2/c1-9(6-12)7-13-11-8-14-4-2-10(11)3-5-14/h6,10-11,13H,2-5,7-8H2,1H3/b9-6+. The van der Waals surface area contributed by atoms with Crippen LogP contribution in [0.4, 0.5) is 0 Å². The van der Waals surface area contributed by atoms with Crippen LogP contribution in [-0.4, -0.2) is 37.1 Å². The van der Waals surface area contributed by atoms with Crippen LogP contribution in [0.15, 0.2) is 11.1 Å². The van der Waals surface area contributed by atoms with Gasteiger partial charge in [-0.1, -0.05) is 11.6 Å². The number of nitrogens with one attached hydrogen (secondary N) is 1. The fraction of sp³-hybridized carbons (Fsp3) is 0.818. The van der Waals surface area contributed by atoms with Gasteiger partial charge in [0.05, 0.1) is 0 Å². The largest absolute Gasteiger partial charge is 0.309 e. The molecule has 3 aliphatic rings. The van der Waals surface area contributed by atoms with E-state index in [1.54, 1.807) is 5.54 Å². The summed E-state index contributed by atoms with van der Waals surface area (Å²) >= 11 is 5.64. The van der Waals surface area contributed by atoms with Crippen molar-refractivity contribution in [2.24, 2.45) is 5.92 Å². The van der Waals surface area contributed by atoms with Gasteiger partial charge in [-0.15, -0.1) is 0 Å². The van der Waals surface area contributed by atoms with Crippen LogP contribution < -0.4 is 5.32 Å². The van der Waals surface area contributed by atoms with Crippen molar-refractivity contribution in [1.82, 2.24) is 10.2 Å². The zero-order valence-electron chi connectivity index (χ0n) is 8.80. The van der Waals surface area contributed by atoms with Crippen LogP contribution in [0.25, 0.3) is 0 Å². The minimum Gasteiger partial charge on any atom is -0.309 e. The van der Waals surface area contributed by atoms with Crippen molar-refractivity contribution in [3.05, 3.63) is 11.1 Å². The van der Waals surface area contributed by atoms with Gasteiger partial charge in [0.1, 0.15) is 0 Å². The van der Waals surface area contributed by atoms with E-state index >= 15 is 0 Å². The molecule has 1 unspecified atom stereocenters. The molecule has 0 amide bonds. The van der Waals surface area contributed by atoms with Gasteiger partial charge in [0.2, 0.25) is 0 Å². The number of hydrogen-bond acceptors (Lipinski definition) is 2. The molecule has 0 aliphatic carbocycles. The summed E-state index contributed by atoms with van der Waals surface area (Å²) in [6.45, 7) is 6.88. The van der Waals surface area contributed by atoms with Gasteiger partial charge in [0.25, 0.3) is 0 Å². The molecule has 3 saturated heterocycles. The van der Waals surface area contributed by atoms with Crippen molar-refractivity contribution in [3.63, 3.8) is 0 Å². The Morgan fingerprint density at radius 2 is 2.21 bits per heavy atom. The fourth-order valence-corrected chi connectivity index (χ4v) is 2.60. The molecule has 80 valence electrons. The minimum atomic E-state index is 0.698. The van der Waals surface area contributed by atoms with Gasteiger partial charge >= 0.3 is 0 Å². The molecular weight excluding hydrogens is 196 g/mol. The molecule has 1 atom stereocenters. The number of fused-ring (bicyclic) bond motifs is 3. The van der Waals surface area contributed by atoms with Gasteiger partial charge in [0, 0.05) is 24.7 Å². The first kappa shape index (κ1) is 10.5. The van der Waals surface area contributed by atoms with E-state index in [2.05, 4.69) is 17.1 Å². The Labute approximate surface area is 91.3 Å². The predicted octanol–water partition coefficient (Wildman–Crippen LogP) is 1.81. The maximum Gasteiger partial charge on any atom is 0.0227 e. The third-order valence-electron chi connectivity index (χ3n) is 3.49. The maximum absolute atomic E-state index is 5.64. The summed E-state index contributed by atoms with van der Waals surface area (Å²) in [5.74, 6) is 0.906. The second kappa shape index (κ2) is 4.65. The summed E-state index contributed by atoms with van der Waals surface area (Å²) in [6.07, 6.45) is 2.75. The van der Waals surface area contributed by atoms with Crippen molar-refractivity contribution in [1.29, 1.82) is 0 Å². The molecule has 3 heteroatoms. The molecule has 3 fully saturated rings. The Kier molecular flexibility index (Phi) is 3.47. The molecule has 2 bridgehead atoms. The topological polar surface area (TPSA) is 15.3 Å². The molecule has 2 nitrogen and oxygen atoms in total. The van der Waals surface area contributed by atoms with Crippen LogP contribution >= 0.6 is 11.6 Å². The molecule has 3 aliphatic heterocycles. The third-order valence-corrected chi connectivity index (χ3v) is 3.86. The molecule has 3 heterocycles. The Bertz CT molecular complexity index is 219. The van der Waals surface area contributed by atoms with Crippen LogP contribution in [0.3, 0.4) is 0 Å². The summed E-state index contributed by atoms with van der Waals surface area (Å²) in [4.78, 5) is 2.57. The van der Waals surface area contributed by atoms with Gasteiger partial charge in [-0.2, -0.15) is 0 Å². The van der Waals surface area contributed by atoms with E-state index in [4.69, 9.17) is 11.6 Å². The lowest BCUT2D eigenvalue weighted by atomic mass is 9.84. The maximum atomic E-state index is 5.64. The fourth-order valence-electron chi connectivity index (χ4n) is 2.53. The lowest BCUT2D eigenvalue weighted by Crippen LogP contribution is -2.56. The summed E-state index contributed by atoms with van der Waals surface area (Å²) in [7, 11) is 0. The smallest absolute Gasteiger partial charge is 0.0227 e. The van der Waals surface area contributed by atoms with Crippen molar-refractivity contribution in [3.8, 4) is 0 Å². The van der Waals surface area contributed by atoms with E-state index in [0.717, 1.165) is 12.5 Å².